The normalized spacial score (nSPS) is 24.1. The van der Waals surface area contributed by atoms with Crippen LogP contribution in [0.5, 0.6) is 5.75 Å². The number of hydrogen-bond acceptors (Lipinski definition) is 2. The van der Waals surface area contributed by atoms with Gasteiger partial charge in [0, 0.05) is 16.7 Å². The molecule has 1 N–H and O–H groups in total. The van der Waals surface area contributed by atoms with Crippen molar-refractivity contribution in [2.24, 2.45) is 0 Å². The van der Waals surface area contributed by atoms with Crippen LogP contribution in [-0.4, -0.2) is 13.7 Å². The van der Waals surface area contributed by atoms with Crippen molar-refractivity contribution in [1.82, 2.24) is 5.32 Å². The van der Waals surface area contributed by atoms with E-state index in [4.69, 9.17) is 16.3 Å². The Bertz CT molecular complexity index is 436. The van der Waals surface area contributed by atoms with Crippen LogP contribution in [0.25, 0.3) is 0 Å². The standard InChI is InChI=1S/C14H20ClNO/c1-9-8-11(14(3)6-5-7-16-14)13(17-4)10(2)12(9)15/h8,16H,5-7H2,1-4H3. The number of halogens is 1. The molecule has 0 aromatic heterocycles. The van der Waals surface area contributed by atoms with Gasteiger partial charge < -0.3 is 10.1 Å². The van der Waals surface area contributed by atoms with E-state index in [2.05, 4.69) is 25.2 Å². The molecule has 1 aliphatic rings. The Morgan fingerprint density at radius 3 is 2.65 bits per heavy atom. The first-order valence-electron chi connectivity index (χ1n) is 6.09. The Labute approximate surface area is 108 Å². The van der Waals surface area contributed by atoms with Crippen LogP contribution in [0.3, 0.4) is 0 Å². The van der Waals surface area contributed by atoms with E-state index in [0.29, 0.717) is 0 Å². The van der Waals surface area contributed by atoms with Gasteiger partial charge >= 0.3 is 0 Å². The van der Waals surface area contributed by atoms with E-state index in [1.165, 1.54) is 12.0 Å². The molecule has 0 amide bonds. The summed E-state index contributed by atoms with van der Waals surface area (Å²) in [6.45, 7) is 7.39. The lowest BCUT2D eigenvalue weighted by Crippen LogP contribution is -2.33. The molecular formula is C14H20ClNO. The smallest absolute Gasteiger partial charge is 0.128 e. The fraction of sp³-hybridized carbons (Fsp3) is 0.571. The topological polar surface area (TPSA) is 21.3 Å². The van der Waals surface area contributed by atoms with Crippen LogP contribution in [0, 0.1) is 13.8 Å². The second-order valence-corrected chi connectivity index (χ2v) is 5.45. The van der Waals surface area contributed by atoms with Crippen LogP contribution in [0.15, 0.2) is 6.07 Å². The fourth-order valence-electron chi connectivity index (χ4n) is 2.74. The van der Waals surface area contributed by atoms with Crippen LogP contribution >= 0.6 is 11.6 Å². The minimum atomic E-state index is 0.0193. The van der Waals surface area contributed by atoms with E-state index in [9.17, 15) is 0 Å². The number of methoxy groups -OCH3 is 1. The van der Waals surface area contributed by atoms with Crippen LogP contribution in [0.2, 0.25) is 5.02 Å². The first-order chi connectivity index (χ1) is 7.99. The van der Waals surface area contributed by atoms with Crippen molar-refractivity contribution in [3.05, 3.63) is 27.8 Å². The van der Waals surface area contributed by atoms with E-state index >= 15 is 0 Å². The highest BCUT2D eigenvalue weighted by molar-refractivity contribution is 6.32. The van der Waals surface area contributed by atoms with Gasteiger partial charge in [-0.3, -0.25) is 0 Å². The van der Waals surface area contributed by atoms with Crippen molar-refractivity contribution in [2.45, 2.75) is 39.2 Å². The molecule has 2 rings (SSSR count). The van der Waals surface area contributed by atoms with Crippen LogP contribution in [-0.2, 0) is 5.54 Å². The van der Waals surface area contributed by atoms with Gasteiger partial charge in [0.25, 0.3) is 0 Å². The van der Waals surface area contributed by atoms with Crippen LogP contribution in [0.1, 0.15) is 36.5 Å². The molecular weight excluding hydrogens is 234 g/mol. The molecule has 3 heteroatoms. The molecule has 1 aliphatic heterocycles. The highest BCUT2D eigenvalue weighted by Gasteiger charge is 2.33. The molecule has 0 bridgehead atoms. The second kappa shape index (κ2) is 4.51. The van der Waals surface area contributed by atoms with Gasteiger partial charge in [-0.15, -0.1) is 0 Å². The Balaban J connectivity index is 2.60. The summed E-state index contributed by atoms with van der Waals surface area (Å²) in [5, 5.41) is 4.39. The average molecular weight is 254 g/mol. The van der Waals surface area contributed by atoms with E-state index in [0.717, 1.165) is 34.9 Å². The summed E-state index contributed by atoms with van der Waals surface area (Å²) in [6.07, 6.45) is 2.35. The Kier molecular flexibility index (Phi) is 3.37. The summed E-state index contributed by atoms with van der Waals surface area (Å²) in [7, 11) is 1.72. The van der Waals surface area contributed by atoms with Gasteiger partial charge in [-0.25, -0.2) is 0 Å². The summed E-state index contributed by atoms with van der Waals surface area (Å²) >= 11 is 6.29. The zero-order valence-corrected chi connectivity index (χ0v) is 11.7. The molecule has 1 aromatic rings. The maximum Gasteiger partial charge on any atom is 0.128 e. The van der Waals surface area contributed by atoms with E-state index in [1.54, 1.807) is 7.11 Å². The largest absolute Gasteiger partial charge is 0.496 e. The molecule has 17 heavy (non-hydrogen) atoms. The third-order valence-electron chi connectivity index (χ3n) is 3.79. The quantitative estimate of drug-likeness (QED) is 0.870. The zero-order chi connectivity index (χ0) is 12.6. The molecule has 0 radical (unpaired) electrons. The van der Waals surface area contributed by atoms with Crippen molar-refractivity contribution in [3.63, 3.8) is 0 Å². The molecule has 0 aliphatic carbocycles. The van der Waals surface area contributed by atoms with Crippen molar-refractivity contribution >= 4 is 11.6 Å². The number of rotatable bonds is 2. The van der Waals surface area contributed by atoms with Crippen LogP contribution in [0.4, 0.5) is 0 Å². The lowest BCUT2D eigenvalue weighted by atomic mass is 9.87. The summed E-state index contributed by atoms with van der Waals surface area (Å²) in [4.78, 5) is 0. The molecule has 1 fully saturated rings. The predicted molar refractivity (Wildman–Crippen MR) is 72.1 cm³/mol. The molecule has 0 spiro atoms. The Morgan fingerprint density at radius 1 is 1.41 bits per heavy atom. The molecule has 2 nitrogen and oxygen atoms in total. The third-order valence-corrected chi connectivity index (χ3v) is 4.37. The van der Waals surface area contributed by atoms with Crippen molar-refractivity contribution < 1.29 is 4.74 Å². The second-order valence-electron chi connectivity index (χ2n) is 5.08. The molecule has 1 unspecified atom stereocenters. The number of benzene rings is 1. The summed E-state index contributed by atoms with van der Waals surface area (Å²) in [5.41, 5.74) is 3.41. The summed E-state index contributed by atoms with van der Waals surface area (Å²) < 4.78 is 5.57. The van der Waals surface area contributed by atoms with Crippen molar-refractivity contribution in [1.29, 1.82) is 0 Å². The van der Waals surface area contributed by atoms with Gasteiger partial charge in [-0.05, 0) is 51.8 Å². The molecule has 0 saturated carbocycles. The number of ether oxygens (including phenoxy) is 1. The summed E-state index contributed by atoms with van der Waals surface area (Å²) in [6, 6.07) is 2.16. The maximum absolute atomic E-state index is 6.29. The lowest BCUT2D eigenvalue weighted by Gasteiger charge is -2.29. The molecule has 1 heterocycles. The number of aryl methyl sites for hydroxylation is 1. The van der Waals surface area contributed by atoms with E-state index in [1.807, 2.05) is 6.92 Å². The predicted octanol–water partition coefficient (Wildman–Crippen LogP) is 3.56. The SMILES string of the molecule is COc1c(C2(C)CCCN2)cc(C)c(Cl)c1C. The lowest BCUT2D eigenvalue weighted by molar-refractivity contribution is 0.368. The van der Waals surface area contributed by atoms with Crippen LogP contribution < -0.4 is 10.1 Å². The maximum atomic E-state index is 6.29. The van der Waals surface area contributed by atoms with Crippen molar-refractivity contribution in [2.75, 3.05) is 13.7 Å². The highest BCUT2D eigenvalue weighted by atomic mass is 35.5. The third kappa shape index (κ3) is 2.04. The Morgan fingerprint density at radius 2 is 2.12 bits per heavy atom. The van der Waals surface area contributed by atoms with E-state index < -0.39 is 0 Å². The molecule has 1 atom stereocenters. The van der Waals surface area contributed by atoms with Gasteiger partial charge in [-0.1, -0.05) is 11.6 Å². The van der Waals surface area contributed by atoms with Gasteiger partial charge in [0.2, 0.25) is 0 Å². The molecule has 94 valence electrons. The van der Waals surface area contributed by atoms with Gasteiger partial charge in [-0.2, -0.15) is 0 Å². The zero-order valence-electron chi connectivity index (χ0n) is 11.0. The average Bonchev–Trinajstić information content (AvgIpc) is 2.74. The highest BCUT2D eigenvalue weighted by Crippen LogP contribution is 2.41. The molecule has 1 saturated heterocycles. The fourth-order valence-corrected chi connectivity index (χ4v) is 2.88. The van der Waals surface area contributed by atoms with Gasteiger partial charge in [0.15, 0.2) is 0 Å². The summed E-state index contributed by atoms with van der Waals surface area (Å²) in [5.74, 6) is 0.928. The Hall–Kier alpha value is -0.730. The molecule has 1 aromatic carbocycles. The number of hydrogen-bond donors (Lipinski definition) is 1. The number of nitrogens with one attached hydrogen (secondary N) is 1. The minimum absolute atomic E-state index is 0.0193. The van der Waals surface area contributed by atoms with Crippen molar-refractivity contribution in [3.8, 4) is 5.75 Å². The first-order valence-corrected chi connectivity index (χ1v) is 6.46. The first kappa shape index (κ1) is 12.7. The monoisotopic (exact) mass is 253 g/mol. The van der Waals surface area contributed by atoms with Gasteiger partial charge in [0.1, 0.15) is 5.75 Å². The van der Waals surface area contributed by atoms with E-state index in [-0.39, 0.29) is 5.54 Å². The van der Waals surface area contributed by atoms with Gasteiger partial charge in [0.05, 0.1) is 12.1 Å². The minimum Gasteiger partial charge on any atom is -0.496 e.